The molecule has 0 bridgehead atoms. The lowest BCUT2D eigenvalue weighted by molar-refractivity contribution is 0.933. The van der Waals surface area contributed by atoms with Gasteiger partial charge in [0, 0.05) is 43.9 Å². The molecule has 9 aromatic carbocycles. The third-order valence-electron chi connectivity index (χ3n) is 12.6. The van der Waals surface area contributed by atoms with Gasteiger partial charge >= 0.3 is 5.69 Å². The van der Waals surface area contributed by atoms with E-state index < -0.39 is 0 Å². The highest BCUT2D eigenvalue weighted by molar-refractivity contribution is 6.14. The van der Waals surface area contributed by atoms with E-state index >= 15 is 4.79 Å². The Hall–Kier alpha value is -8.48. The van der Waals surface area contributed by atoms with Crippen molar-refractivity contribution in [2.45, 2.75) is 0 Å². The summed E-state index contributed by atoms with van der Waals surface area (Å²) in [5.74, 6) is 0. The lowest BCUT2D eigenvalue weighted by Crippen LogP contribution is -2.26. The Morgan fingerprint density at radius 1 is 0.339 bits per heavy atom. The first-order valence-electron chi connectivity index (χ1n) is 20.9. The average molecular weight is 794 g/mol. The molecule has 0 aliphatic carbocycles. The van der Waals surface area contributed by atoms with E-state index in [0.717, 1.165) is 94.1 Å². The molecule has 290 valence electrons. The first-order chi connectivity index (χ1) is 30.7. The third kappa shape index (κ3) is 4.98. The Morgan fingerprint density at radius 3 is 1.39 bits per heavy atom. The summed E-state index contributed by atoms with van der Waals surface area (Å²) in [7, 11) is 0. The van der Waals surface area contributed by atoms with Crippen LogP contribution in [0.1, 0.15) is 0 Å². The van der Waals surface area contributed by atoms with E-state index in [1.807, 2.05) is 59.2 Å². The Bertz CT molecular complexity index is 3990. The highest BCUT2D eigenvalue weighted by Gasteiger charge is 2.23. The number of imidazole rings is 1. The van der Waals surface area contributed by atoms with E-state index in [9.17, 15) is 0 Å². The van der Waals surface area contributed by atoms with Gasteiger partial charge in [-0.05, 0) is 114 Å². The summed E-state index contributed by atoms with van der Waals surface area (Å²) < 4.78 is 8.35. The predicted molar refractivity (Wildman–Crippen MR) is 255 cm³/mol. The van der Waals surface area contributed by atoms with E-state index in [0.29, 0.717) is 5.65 Å². The van der Waals surface area contributed by atoms with Gasteiger partial charge in [-0.1, -0.05) is 115 Å². The topological polar surface area (TPSA) is 49.2 Å². The van der Waals surface area contributed by atoms with Crippen molar-refractivity contribution in [3.8, 4) is 39.3 Å². The first kappa shape index (κ1) is 34.4. The molecule has 0 saturated carbocycles. The van der Waals surface area contributed by atoms with Gasteiger partial charge in [0.05, 0.1) is 44.3 Å². The summed E-state index contributed by atoms with van der Waals surface area (Å²) in [6, 6.07) is 74.3. The summed E-state index contributed by atoms with van der Waals surface area (Å²) in [6.07, 6.45) is 0. The minimum atomic E-state index is -0.168. The van der Waals surface area contributed by atoms with Gasteiger partial charge in [-0.15, -0.1) is 0 Å². The smallest absolute Gasteiger partial charge is 0.309 e. The van der Waals surface area contributed by atoms with E-state index in [1.165, 1.54) is 10.8 Å². The molecule has 0 unspecified atom stereocenters. The van der Waals surface area contributed by atoms with Gasteiger partial charge in [0.25, 0.3) is 0 Å². The molecule has 0 radical (unpaired) electrons. The van der Waals surface area contributed by atoms with Gasteiger partial charge < -0.3 is 9.13 Å². The molecule has 0 aliphatic heterocycles. The van der Waals surface area contributed by atoms with Crippen LogP contribution in [0.5, 0.6) is 0 Å². The second kappa shape index (κ2) is 13.3. The number of hydrogen-bond acceptors (Lipinski definition) is 2. The largest absolute Gasteiger partial charge is 0.339 e. The molecule has 6 heteroatoms. The molecule has 62 heavy (non-hydrogen) atoms. The van der Waals surface area contributed by atoms with Gasteiger partial charge in [-0.2, -0.15) is 0 Å². The fourth-order valence-corrected chi connectivity index (χ4v) is 9.85. The molecular weight excluding hydrogens is 759 g/mol. The van der Waals surface area contributed by atoms with Crippen LogP contribution in [0.3, 0.4) is 0 Å². The summed E-state index contributed by atoms with van der Waals surface area (Å²) in [4.78, 5) is 20.4. The van der Waals surface area contributed by atoms with Gasteiger partial charge in [-0.25, -0.2) is 14.2 Å². The van der Waals surface area contributed by atoms with Crippen molar-refractivity contribution >= 4 is 71.2 Å². The van der Waals surface area contributed by atoms with Crippen LogP contribution < -0.4 is 5.69 Å². The molecule has 0 aliphatic rings. The Morgan fingerprint density at radius 2 is 0.790 bits per heavy atom. The molecule has 0 saturated heterocycles. The summed E-state index contributed by atoms with van der Waals surface area (Å²) >= 11 is 0. The van der Waals surface area contributed by atoms with Gasteiger partial charge in [-0.3, -0.25) is 4.57 Å². The molecule has 0 atom stereocenters. The van der Waals surface area contributed by atoms with Crippen LogP contribution in [-0.4, -0.2) is 23.1 Å². The van der Waals surface area contributed by atoms with Crippen molar-refractivity contribution in [3.63, 3.8) is 0 Å². The maximum absolute atomic E-state index is 15.2. The van der Waals surface area contributed by atoms with Gasteiger partial charge in [0.1, 0.15) is 0 Å². The SMILES string of the molecule is O=c1n(-c2ccccc2)c2c(-c3ccc4c(c3)c3ccccc3n4-c3ccccc3)cc(-c3ccc4c(c3)c3ccccc3n4-c3ccccc3)cc2c2nc3ccccc3n12. The van der Waals surface area contributed by atoms with Crippen LogP contribution in [0.25, 0.3) is 111 Å². The second-order valence-corrected chi connectivity index (χ2v) is 16.0. The number of para-hydroxylation sites is 7. The zero-order valence-electron chi connectivity index (χ0n) is 33.4. The lowest BCUT2D eigenvalue weighted by atomic mass is 9.94. The third-order valence-corrected chi connectivity index (χ3v) is 12.6. The van der Waals surface area contributed by atoms with Crippen LogP contribution in [0.2, 0.25) is 0 Å². The Balaban J connectivity index is 1.16. The molecule has 0 fully saturated rings. The van der Waals surface area contributed by atoms with Crippen LogP contribution in [0.15, 0.2) is 217 Å². The van der Waals surface area contributed by atoms with Crippen LogP contribution in [0.4, 0.5) is 0 Å². The van der Waals surface area contributed by atoms with Crippen molar-refractivity contribution in [2.75, 3.05) is 0 Å². The summed E-state index contributed by atoms with van der Waals surface area (Å²) in [5.41, 5.74) is 14.4. The van der Waals surface area contributed by atoms with Crippen molar-refractivity contribution in [2.24, 2.45) is 0 Å². The molecule has 0 amide bonds. The minimum Gasteiger partial charge on any atom is -0.309 e. The van der Waals surface area contributed by atoms with E-state index in [4.69, 9.17) is 4.98 Å². The summed E-state index contributed by atoms with van der Waals surface area (Å²) in [6.45, 7) is 0. The highest BCUT2D eigenvalue weighted by atomic mass is 16.1. The molecule has 4 aromatic heterocycles. The zero-order valence-corrected chi connectivity index (χ0v) is 33.4. The fourth-order valence-electron chi connectivity index (χ4n) is 9.85. The molecule has 13 aromatic rings. The number of hydrogen-bond donors (Lipinski definition) is 0. The number of fused-ring (bicyclic) bond motifs is 11. The fraction of sp³-hybridized carbons (Fsp3) is 0. The zero-order chi connectivity index (χ0) is 40.9. The maximum Gasteiger partial charge on any atom is 0.339 e. The van der Waals surface area contributed by atoms with Crippen LogP contribution in [0, 0.1) is 0 Å². The number of nitrogens with zero attached hydrogens (tertiary/aromatic N) is 5. The molecule has 6 nitrogen and oxygen atoms in total. The quantitative estimate of drug-likeness (QED) is 0.174. The molecule has 4 heterocycles. The van der Waals surface area contributed by atoms with E-state index in [1.54, 1.807) is 4.40 Å². The number of aromatic nitrogens is 5. The normalized spacial score (nSPS) is 11.9. The Kier molecular flexibility index (Phi) is 7.36. The van der Waals surface area contributed by atoms with Crippen molar-refractivity contribution in [1.82, 2.24) is 23.1 Å². The first-order valence-corrected chi connectivity index (χ1v) is 20.9. The molecular formula is C56H35N5O. The van der Waals surface area contributed by atoms with Crippen molar-refractivity contribution in [3.05, 3.63) is 223 Å². The number of benzene rings is 9. The van der Waals surface area contributed by atoms with Crippen LogP contribution in [-0.2, 0) is 0 Å². The summed E-state index contributed by atoms with van der Waals surface area (Å²) in [5, 5.41) is 5.54. The van der Waals surface area contributed by atoms with Crippen molar-refractivity contribution in [1.29, 1.82) is 0 Å². The standard InChI is InChI=1S/C56H35N5O/c62-56-60(41-20-8-3-9-21-41)54-44(37-29-31-52-46(33-37)43-23-11-14-26-50(43)59(52)40-18-6-2-7-19-40)34-38(35-47(54)55-57-48-24-12-15-27-53(48)61(55)56)36-28-30-51-45(32-36)42-22-10-13-25-49(42)58(51)39-16-4-1-5-17-39/h1-35H. The van der Waals surface area contributed by atoms with Crippen LogP contribution >= 0.6 is 0 Å². The lowest BCUT2D eigenvalue weighted by Gasteiger charge is -2.18. The van der Waals surface area contributed by atoms with Crippen molar-refractivity contribution < 1.29 is 0 Å². The number of rotatable bonds is 5. The molecule has 13 rings (SSSR count). The van der Waals surface area contributed by atoms with Gasteiger partial charge in [0.15, 0.2) is 5.65 Å². The maximum atomic E-state index is 15.2. The highest BCUT2D eigenvalue weighted by Crippen LogP contribution is 2.42. The minimum absolute atomic E-state index is 0.168. The molecule has 0 spiro atoms. The second-order valence-electron chi connectivity index (χ2n) is 16.0. The molecule has 0 N–H and O–H groups in total. The van der Waals surface area contributed by atoms with E-state index in [2.05, 4.69) is 167 Å². The van der Waals surface area contributed by atoms with Gasteiger partial charge in [0.2, 0.25) is 0 Å². The monoisotopic (exact) mass is 793 g/mol. The predicted octanol–water partition coefficient (Wildman–Crippen LogP) is 13.3. The Labute approximate surface area is 355 Å². The average Bonchev–Trinajstić information content (AvgIpc) is 4.00. The van der Waals surface area contributed by atoms with E-state index in [-0.39, 0.29) is 5.69 Å².